The zero-order valence-corrected chi connectivity index (χ0v) is 14.5. The lowest BCUT2D eigenvalue weighted by Gasteiger charge is -2.13. The van der Waals surface area contributed by atoms with Crippen LogP contribution < -0.4 is 14.8 Å². The summed E-state index contributed by atoms with van der Waals surface area (Å²) in [6.07, 6.45) is -0.146. The second-order valence-electron chi connectivity index (χ2n) is 5.69. The van der Waals surface area contributed by atoms with E-state index in [-0.39, 0.29) is 12.3 Å². The number of nitriles is 1. The van der Waals surface area contributed by atoms with E-state index in [1.807, 2.05) is 56.3 Å². The van der Waals surface area contributed by atoms with Gasteiger partial charge in [-0.2, -0.15) is 5.26 Å². The molecule has 1 amide bonds. The maximum absolute atomic E-state index is 11.4. The van der Waals surface area contributed by atoms with Crippen molar-refractivity contribution in [2.24, 2.45) is 0 Å². The normalized spacial score (nSPS) is 9.96. The molecule has 0 unspecified atom stereocenters. The van der Waals surface area contributed by atoms with E-state index < -0.39 is 0 Å². The van der Waals surface area contributed by atoms with Gasteiger partial charge in [0.05, 0.1) is 6.07 Å². The molecule has 25 heavy (non-hydrogen) atoms. The predicted molar refractivity (Wildman–Crippen MR) is 95.4 cm³/mol. The third-order valence-electron chi connectivity index (χ3n) is 3.63. The third-order valence-corrected chi connectivity index (χ3v) is 3.63. The van der Waals surface area contributed by atoms with Crippen LogP contribution in [0.2, 0.25) is 0 Å². The zero-order chi connectivity index (χ0) is 18.1. The average Bonchev–Trinajstić information content (AvgIpc) is 2.61. The van der Waals surface area contributed by atoms with Gasteiger partial charge >= 0.3 is 0 Å². The van der Waals surface area contributed by atoms with Crippen molar-refractivity contribution in [3.63, 3.8) is 0 Å². The van der Waals surface area contributed by atoms with Crippen LogP contribution in [0.4, 0.5) is 0 Å². The summed E-state index contributed by atoms with van der Waals surface area (Å²) in [7, 11) is 0. The average molecular weight is 338 g/mol. The van der Waals surface area contributed by atoms with E-state index in [1.165, 1.54) is 0 Å². The van der Waals surface area contributed by atoms with Crippen molar-refractivity contribution in [2.45, 2.75) is 26.8 Å². The quantitative estimate of drug-likeness (QED) is 0.750. The Labute approximate surface area is 148 Å². The molecule has 0 saturated heterocycles. The van der Waals surface area contributed by atoms with Gasteiger partial charge in [0, 0.05) is 12.1 Å². The van der Waals surface area contributed by atoms with Gasteiger partial charge in [-0.05, 0) is 37.1 Å². The van der Waals surface area contributed by atoms with Gasteiger partial charge in [-0.15, -0.1) is 0 Å². The number of benzene rings is 2. The maximum atomic E-state index is 11.4. The summed E-state index contributed by atoms with van der Waals surface area (Å²) in [6, 6.07) is 15.4. The first-order valence-electron chi connectivity index (χ1n) is 8.14. The van der Waals surface area contributed by atoms with Crippen molar-refractivity contribution in [1.29, 1.82) is 5.26 Å². The molecular formula is C20H22N2O3. The van der Waals surface area contributed by atoms with Crippen molar-refractivity contribution < 1.29 is 14.3 Å². The van der Waals surface area contributed by atoms with Gasteiger partial charge in [0.25, 0.3) is 0 Å². The number of nitrogens with one attached hydrogen (secondary N) is 1. The molecule has 0 spiro atoms. The fourth-order valence-electron chi connectivity index (χ4n) is 2.28. The zero-order valence-electron chi connectivity index (χ0n) is 14.5. The highest BCUT2D eigenvalue weighted by Gasteiger charge is 2.06. The van der Waals surface area contributed by atoms with Crippen LogP contribution in [0, 0.1) is 25.2 Å². The van der Waals surface area contributed by atoms with Gasteiger partial charge in [-0.3, -0.25) is 4.79 Å². The molecule has 5 heteroatoms. The summed E-state index contributed by atoms with van der Waals surface area (Å²) >= 11 is 0. The topological polar surface area (TPSA) is 71.3 Å². The molecule has 0 fully saturated rings. The molecule has 0 heterocycles. The highest BCUT2D eigenvalue weighted by atomic mass is 16.5. The van der Waals surface area contributed by atoms with E-state index in [0.29, 0.717) is 25.5 Å². The lowest BCUT2D eigenvalue weighted by Crippen LogP contribution is -2.22. The van der Waals surface area contributed by atoms with Crippen LogP contribution in [-0.2, 0) is 11.3 Å². The van der Waals surface area contributed by atoms with Crippen LogP contribution >= 0.6 is 0 Å². The van der Waals surface area contributed by atoms with Crippen molar-refractivity contribution in [1.82, 2.24) is 5.32 Å². The van der Waals surface area contributed by atoms with E-state index >= 15 is 0 Å². The smallest absolute Gasteiger partial charge is 0.234 e. The van der Waals surface area contributed by atoms with E-state index in [4.69, 9.17) is 14.7 Å². The lowest BCUT2D eigenvalue weighted by atomic mass is 10.1. The minimum atomic E-state index is -0.296. The molecule has 0 radical (unpaired) electrons. The first-order chi connectivity index (χ1) is 12.1. The van der Waals surface area contributed by atoms with Crippen LogP contribution in [0.25, 0.3) is 0 Å². The molecule has 5 nitrogen and oxygen atoms in total. The summed E-state index contributed by atoms with van der Waals surface area (Å²) in [5, 5.41) is 11.2. The molecule has 2 aromatic rings. The molecule has 0 aromatic heterocycles. The molecule has 0 atom stereocenters. The Morgan fingerprint density at radius 2 is 1.80 bits per heavy atom. The number of hydrogen-bond acceptors (Lipinski definition) is 4. The third kappa shape index (κ3) is 5.85. The molecule has 0 saturated carbocycles. The first kappa shape index (κ1) is 18.3. The summed E-state index contributed by atoms with van der Waals surface area (Å²) in [6.45, 7) is 5.19. The molecule has 0 aliphatic rings. The Morgan fingerprint density at radius 1 is 1.08 bits per heavy atom. The monoisotopic (exact) mass is 338 g/mol. The fourth-order valence-corrected chi connectivity index (χ4v) is 2.28. The van der Waals surface area contributed by atoms with Crippen LogP contribution in [0.1, 0.15) is 23.1 Å². The van der Waals surface area contributed by atoms with Crippen LogP contribution in [0.5, 0.6) is 11.5 Å². The van der Waals surface area contributed by atoms with Crippen molar-refractivity contribution in [3.05, 3.63) is 59.2 Å². The van der Waals surface area contributed by atoms with E-state index in [9.17, 15) is 4.79 Å². The summed E-state index contributed by atoms with van der Waals surface area (Å²) < 4.78 is 11.6. The number of ether oxygens (including phenoxy) is 2. The number of para-hydroxylation sites is 1. The lowest BCUT2D eigenvalue weighted by molar-refractivity contribution is -0.120. The molecule has 1 N–H and O–H groups in total. The highest BCUT2D eigenvalue weighted by Crippen LogP contribution is 2.20. The second-order valence-corrected chi connectivity index (χ2v) is 5.69. The van der Waals surface area contributed by atoms with Crippen molar-refractivity contribution >= 4 is 5.91 Å². The van der Waals surface area contributed by atoms with Crippen LogP contribution in [-0.4, -0.2) is 19.1 Å². The second kappa shape index (κ2) is 9.33. The molecule has 130 valence electrons. The van der Waals surface area contributed by atoms with Crippen molar-refractivity contribution in [2.75, 3.05) is 13.2 Å². The van der Waals surface area contributed by atoms with E-state index in [1.54, 1.807) is 0 Å². The Kier molecular flexibility index (Phi) is 6.85. The van der Waals surface area contributed by atoms with Gasteiger partial charge in [0.15, 0.2) is 0 Å². The Bertz CT molecular complexity index is 766. The Morgan fingerprint density at radius 3 is 2.56 bits per heavy atom. The maximum Gasteiger partial charge on any atom is 0.234 e. The number of amides is 1. The standard InChI is InChI=1S/C20H22N2O3/c1-15-7-8-16(2)19(13-15)25-12-11-24-18-6-4-3-5-17(18)14-22-20(23)9-10-21/h3-8,13H,9,11-12,14H2,1-2H3,(H,22,23). The van der Waals surface area contributed by atoms with Gasteiger partial charge in [0.1, 0.15) is 31.1 Å². The van der Waals surface area contributed by atoms with Gasteiger partial charge in [-0.1, -0.05) is 30.3 Å². The van der Waals surface area contributed by atoms with E-state index in [2.05, 4.69) is 11.4 Å². The number of carbonyl (C=O) groups excluding carboxylic acids is 1. The van der Waals surface area contributed by atoms with Crippen LogP contribution in [0.3, 0.4) is 0 Å². The molecule has 0 aliphatic heterocycles. The Hall–Kier alpha value is -3.00. The first-order valence-corrected chi connectivity index (χ1v) is 8.14. The molecule has 0 bridgehead atoms. The largest absolute Gasteiger partial charge is 0.490 e. The highest BCUT2D eigenvalue weighted by molar-refractivity contribution is 5.78. The minimum absolute atomic E-state index is 0.146. The number of hydrogen-bond donors (Lipinski definition) is 1. The minimum Gasteiger partial charge on any atom is -0.490 e. The van der Waals surface area contributed by atoms with Gasteiger partial charge in [-0.25, -0.2) is 0 Å². The van der Waals surface area contributed by atoms with Gasteiger partial charge < -0.3 is 14.8 Å². The molecule has 0 aliphatic carbocycles. The SMILES string of the molecule is Cc1ccc(C)c(OCCOc2ccccc2CNC(=O)CC#N)c1. The summed E-state index contributed by atoms with van der Waals surface area (Å²) in [4.78, 5) is 11.4. The predicted octanol–water partition coefficient (Wildman–Crippen LogP) is 3.29. The number of rotatable bonds is 8. The van der Waals surface area contributed by atoms with Gasteiger partial charge in [0.2, 0.25) is 5.91 Å². The Balaban J connectivity index is 1.85. The molecule has 2 aromatic carbocycles. The summed E-state index contributed by atoms with van der Waals surface area (Å²) in [5.74, 6) is 1.26. The summed E-state index contributed by atoms with van der Waals surface area (Å²) in [5.41, 5.74) is 3.10. The fraction of sp³-hybridized carbons (Fsp3) is 0.300. The number of nitrogens with zero attached hydrogens (tertiary/aromatic N) is 1. The number of aryl methyl sites for hydroxylation is 2. The van der Waals surface area contributed by atoms with Crippen LogP contribution in [0.15, 0.2) is 42.5 Å². The molecule has 2 rings (SSSR count). The molecular weight excluding hydrogens is 316 g/mol. The van der Waals surface area contributed by atoms with Crippen molar-refractivity contribution in [3.8, 4) is 17.6 Å². The number of carbonyl (C=O) groups is 1. The van der Waals surface area contributed by atoms with E-state index in [0.717, 1.165) is 22.4 Å².